The lowest BCUT2D eigenvalue weighted by Crippen LogP contribution is -2.30. The second-order valence-electron chi connectivity index (χ2n) is 7.11. The molecule has 1 aliphatic rings. The van der Waals surface area contributed by atoms with Gasteiger partial charge in [0.25, 0.3) is 0 Å². The van der Waals surface area contributed by atoms with E-state index in [4.69, 9.17) is 0 Å². The van der Waals surface area contributed by atoms with Gasteiger partial charge in [0.2, 0.25) is 0 Å². The highest BCUT2D eigenvalue weighted by atomic mass is 15.2. The average molecular weight is 364 g/mol. The Morgan fingerprint density at radius 1 is 0.821 bits per heavy atom. The normalized spacial score (nSPS) is 15.2. The fourth-order valence-corrected chi connectivity index (χ4v) is 3.71. The van der Waals surface area contributed by atoms with Gasteiger partial charge >= 0.3 is 0 Å². The number of hydrogen-bond acceptors (Lipinski definition) is 1. The predicted octanol–water partition coefficient (Wildman–Crippen LogP) is 6.83. The van der Waals surface area contributed by atoms with Crippen LogP contribution in [0.1, 0.15) is 48.9 Å². The Labute approximate surface area is 168 Å². The lowest BCUT2D eigenvalue weighted by atomic mass is 9.91. The van der Waals surface area contributed by atoms with Crippen molar-refractivity contribution in [2.75, 3.05) is 4.90 Å². The van der Waals surface area contributed by atoms with E-state index in [1.165, 1.54) is 35.4 Å². The monoisotopic (exact) mass is 363 g/mol. The van der Waals surface area contributed by atoms with Crippen LogP contribution in [0.5, 0.6) is 0 Å². The van der Waals surface area contributed by atoms with Crippen LogP contribution < -0.4 is 4.90 Å². The number of benzene rings is 3. The van der Waals surface area contributed by atoms with Gasteiger partial charge in [-0.25, -0.2) is 0 Å². The zero-order valence-corrected chi connectivity index (χ0v) is 16.3. The van der Waals surface area contributed by atoms with Gasteiger partial charge in [-0.3, -0.25) is 0 Å². The molecule has 1 unspecified atom stereocenters. The van der Waals surface area contributed by atoms with Crippen molar-refractivity contribution in [3.63, 3.8) is 0 Å². The maximum Gasteiger partial charge on any atom is 0.121 e. The molecule has 0 saturated carbocycles. The molecule has 0 bridgehead atoms. The summed E-state index contributed by atoms with van der Waals surface area (Å²) in [5.41, 5.74) is 6.16. The SMILES string of the molecule is CCCCC1=Cc2ccccc2C(C#Cc2ccccc2)N1c1ccccc1. The molecule has 0 radical (unpaired) electrons. The summed E-state index contributed by atoms with van der Waals surface area (Å²) in [5, 5.41) is 0. The van der Waals surface area contributed by atoms with Gasteiger partial charge < -0.3 is 4.90 Å². The van der Waals surface area contributed by atoms with Crippen LogP contribution in [-0.2, 0) is 0 Å². The largest absolute Gasteiger partial charge is 0.327 e. The standard InChI is InChI=1S/C27H25N/c1-2-3-15-25-21-23-14-10-11-18-26(23)27(20-19-22-12-6-4-7-13-22)28(25)24-16-8-5-9-17-24/h4-14,16-18,21,27H,2-3,15H2,1H3. The van der Waals surface area contributed by atoms with Crippen LogP contribution in [0.3, 0.4) is 0 Å². The highest BCUT2D eigenvalue weighted by Crippen LogP contribution is 2.39. The molecule has 0 aromatic heterocycles. The second-order valence-corrected chi connectivity index (χ2v) is 7.11. The lowest BCUT2D eigenvalue weighted by molar-refractivity contribution is 0.719. The number of anilines is 1. The number of para-hydroxylation sites is 1. The Hall–Kier alpha value is -3.24. The number of allylic oxidation sites excluding steroid dienone is 1. The molecular weight excluding hydrogens is 338 g/mol. The van der Waals surface area contributed by atoms with E-state index in [1.54, 1.807) is 0 Å². The fraction of sp³-hybridized carbons (Fsp3) is 0.185. The molecule has 3 aromatic rings. The minimum Gasteiger partial charge on any atom is -0.327 e. The summed E-state index contributed by atoms with van der Waals surface area (Å²) < 4.78 is 0. The lowest BCUT2D eigenvalue weighted by Gasteiger charge is -2.37. The molecule has 1 heterocycles. The second kappa shape index (κ2) is 8.63. The molecule has 1 aliphatic heterocycles. The van der Waals surface area contributed by atoms with Gasteiger partial charge in [0.05, 0.1) is 0 Å². The van der Waals surface area contributed by atoms with Crippen molar-refractivity contribution >= 4 is 11.8 Å². The molecule has 138 valence electrons. The van der Waals surface area contributed by atoms with Gasteiger partial charge in [0.15, 0.2) is 0 Å². The summed E-state index contributed by atoms with van der Waals surface area (Å²) in [7, 11) is 0. The van der Waals surface area contributed by atoms with Crippen molar-refractivity contribution in [1.29, 1.82) is 0 Å². The highest BCUT2D eigenvalue weighted by Gasteiger charge is 2.27. The summed E-state index contributed by atoms with van der Waals surface area (Å²) in [5.74, 6) is 7.00. The quantitative estimate of drug-likeness (QED) is 0.459. The van der Waals surface area contributed by atoms with Crippen LogP contribution in [0.4, 0.5) is 5.69 Å². The van der Waals surface area contributed by atoms with Crippen molar-refractivity contribution in [2.24, 2.45) is 0 Å². The topological polar surface area (TPSA) is 3.24 Å². The van der Waals surface area contributed by atoms with E-state index < -0.39 is 0 Å². The van der Waals surface area contributed by atoms with Gasteiger partial charge in [-0.2, -0.15) is 0 Å². The number of fused-ring (bicyclic) bond motifs is 1. The Balaban J connectivity index is 1.83. The molecule has 0 spiro atoms. The number of unbranched alkanes of at least 4 members (excludes halogenated alkanes) is 1. The van der Waals surface area contributed by atoms with Gasteiger partial charge in [0.1, 0.15) is 6.04 Å². The maximum absolute atomic E-state index is 3.58. The van der Waals surface area contributed by atoms with Crippen molar-refractivity contribution in [2.45, 2.75) is 32.2 Å². The van der Waals surface area contributed by atoms with Gasteiger partial charge in [-0.15, -0.1) is 0 Å². The average Bonchev–Trinajstić information content (AvgIpc) is 2.77. The summed E-state index contributed by atoms with van der Waals surface area (Å²) in [4.78, 5) is 2.42. The molecule has 28 heavy (non-hydrogen) atoms. The van der Waals surface area contributed by atoms with E-state index in [9.17, 15) is 0 Å². The summed E-state index contributed by atoms with van der Waals surface area (Å²) in [6.07, 6.45) is 5.76. The molecule has 0 aliphatic carbocycles. The molecule has 0 fully saturated rings. The van der Waals surface area contributed by atoms with E-state index in [2.05, 4.69) is 96.5 Å². The van der Waals surface area contributed by atoms with E-state index >= 15 is 0 Å². The molecule has 1 atom stereocenters. The van der Waals surface area contributed by atoms with Gasteiger partial charge in [-0.1, -0.05) is 85.8 Å². The van der Waals surface area contributed by atoms with Crippen molar-refractivity contribution < 1.29 is 0 Å². The summed E-state index contributed by atoms with van der Waals surface area (Å²) >= 11 is 0. The smallest absolute Gasteiger partial charge is 0.121 e. The first kappa shape index (κ1) is 18.1. The zero-order valence-electron chi connectivity index (χ0n) is 16.3. The maximum atomic E-state index is 3.58. The number of nitrogens with zero attached hydrogens (tertiary/aromatic N) is 1. The Kier molecular flexibility index (Phi) is 5.59. The summed E-state index contributed by atoms with van der Waals surface area (Å²) in [6, 6.07) is 29.6. The van der Waals surface area contributed by atoms with E-state index in [-0.39, 0.29) is 6.04 Å². The van der Waals surface area contributed by atoms with Crippen LogP contribution in [-0.4, -0.2) is 0 Å². The first-order chi connectivity index (χ1) is 13.9. The van der Waals surface area contributed by atoms with Crippen molar-refractivity contribution in [3.05, 3.63) is 107 Å². The van der Waals surface area contributed by atoms with E-state index in [0.29, 0.717) is 0 Å². The van der Waals surface area contributed by atoms with Crippen LogP contribution in [0, 0.1) is 11.8 Å². The Morgan fingerprint density at radius 2 is 1.50 bits per heavy atom. The van der Waals surface area contributed by atoms with Crippen molar-refractivity contribution in [1.82, 2.24) is 0 Å². The third-order valence-electron chi connectivity index (χ3n) is 5.13. The van der Waals surface area contributed by atoms with Crippen molar-refractivity contribution in [3.8, 4) is 11.8 Å². The van der Waals surface area contributed by atoms with Crippen LogP contribution in [0.25, 0.3) is 6.08 Å². The van der Waals surface area contributed by atoms with Crippen LogP contribution >= 0.6 is 0 Å². The Morgan fingerprint density at radius 3 is 2.25 bits per heavy atom. The molecule has 1 heteroatoms. The van der Waals surface area contributed by atoms with Gasteiger partial charge in [0, 0.05) is 16.9 Å². The third-order valence-corrected chi connectivity index (χ3v) is 5.13. The predicted molar refractivity (Wildman–Crippen MR) is 119 cm³/mol. The molecule has 0 amide bonds. The molecule has 4 rings (SSSR count). The highest BCUT2D eigenvalue weighted by molar-refractivity contribution is 5.72. The van der Waals surface area contributed by atoms with Crippen LogP contribution in [0.2, 0.25) is 0 Å². The zero-order chi connectivity index (χ0) is 19.2. The molecule has 3 aromatic carbocycles. The van der Waals surface area contributed by atoms with Crippen LogP contribution in [0.15, 0.2) is 90.6 Å². The molecular formula is C27H25N. The fourth-order valence-electron chi connectivity index (χ4n) is 3.71. The molecule has 0 N–H and O–H groups in total. The number of rotatable bonds is 4. The first-order valence-corrected chi connectivity index (χ1v) is 10.1. The van der Waals surface area contributed by atoms with Gasteiger partial charge in [-0.05, 0) is 54.3 Å². The first-order valence-electron chi connectivity index (χ1n) is 10.1. The minimum atomic E-state index is 0.00987. The summed E-state index contributed by atoms with van der Waals surface area (Å²) in [6.45, 7) is 2.25. The van der Waals surface area contributed by atoms with E-state index in [0.717, 1.165) is 12.0 Å². The minimum absolute atomic E-state index is 0.00987. The number of hydrogen-bond donors (Lipinski definition) is 0. The van der Waals surface area contributed by atoms with E-state index in [1.807, 2.05) is 18.2 Å². The Bertz CT molecular complexity index is 1010. The molecule has 1 nitrogen and oxygen atoms in total. The third kappa shape index (κ3) is 3.87. The molecule has 0 saturated heterocycles.